The second kappa shape index (κ2) is 6.69. The summed E-state index contributed by atoms with van der Waals surface area (Å²) in [4.78, 5) is 35.0. The Morgan fingerprint density at radius 2 is 2.19 bits per heavy atom. The van der Waals surface area contributed by atoms with Crippen molar-refractivity contribution < 1.29 is 19.2 Å². The second-order valence-electron chi connectivity index (χ2n) is 4.53. The Kier molecular flexibility index (Phi) is 4.70. The average molecular weight is 293 g/mol. The highest BCUT2D eigenvalue weighted by Crippen LogP contribution is 2.25. The minimum absolute atomic E-state index is 0.0148. The second-order valence-corrected chi connectivity index (χ2v) is 4.53. The molecule has 0 spiro atoms. The Labute approximate surface area is 120 Å². The van der Waals surface area contributed by atoms with Gasteiger partial charge in [0.1, 0.15) is 0 Å². The summed E-state index contributed by atoms with van der Waals surface area (Å²) in [5, 5.41) is 13.5. The number of hydrogen-bond donors (Lipinski definition) is 1. The Balaban J connectivity index is 1.97. The molecule has 8 nitrogen and oxygen atoms in total. The number of carbonyl (C=O) groups excluding carboxylic acids is 2. The van der Waals surface area contributed by atoms with E-state index in [1.807, 2.05) is 0 Å². The average Bonchev–Trinajstić information content (AvgIpc) is 2.69. The third-order valence-corrected chi connectivity index (χ3v) is 3.03. The molecule has 2 rings (SSSR count). The van der Waals surface area contributed by atoms with Gasteiger partial charge in [-0.15, -0.1) is 0 Å². The first kappa shape index (κ1) is 14.8. The lowest BCUT2D eigenvalue weighted by Gasteiger charge is -2.18. The van der Waals surface area contributed by atoms with E-state index in [1.54, 1.807) is 6.07 Å². The molecule has 0 radical (unpaired) electrons. The van der Waals surface area contributed by atoms with E-state index < -0.39 is 4.92 Å². The maximum Gasteiger partial charge on any atom is 0.310 e. The summed E-state index contributed by atoms with van der Waals surface area (Å²) in [5.74, 6) is -0.549. The molecule has 112 valence electrons. The van der Waals surface area contributed by atoms with E-state index in [0.29, 0.717) is 19.5 Å². The van der Waals surface area contributed by atoms with Crippen molar-refractivity contribution in [3.05, 3.63) is 34.4 Å². The smallest absolute Gasteiger partial charge is 0.310 e. The van der Waals surface area contributed by atoms with Crippen LogP contribution in [0.25, 0.3) is 0 Å². The van der Waals surface area contributed by atoms with Gasteiger partial charge in [-0.1, -0.05) is 12.1 Å². The Hall–Kier alpha value is -2.64. The standard InChI is InChI=1S/C13H15N3O5/c17-12-8-15(7-3-6-14-12)13(18)9-21-11-5-2-1-4-10(11)16(19)20/h1-2,4-5H,3,6-9H2,(H,14,17). The minimum Gasteiger partial charge on any atom is -0.477 e. The van der Waals surface area contributed by atoms with E-state index in [0.717, 1.165) is 0 Å². The quantitative estimate of drug-likeness (QED) is 0.636. The first-order valence-electron chi connectivity index (χ1n) is 6.48. The van der Waals surface area contributed by atoms with Gasteiger partial charge in [0.2, 0.25) is 5.91 Å². The number of hydrogen-bond acceptors (Lipinski definition) is 5. The highest BCUT2D eigenvalue weighted by Gasteiger charge is 2.21. The van der Waals surface area contributed by atoms with Gasteiger partial charge in [0, 0.05) is 19.2 Å². The number of nitro groups is 1. The summed E-state index contributed by atoms with van der Waals surface area (Å²) in [6.45, 7) is 0.642. The van der Waals surface area contributed by atoms with E-state index in [4.69, 9.17) is 4.74 Å². The predicted octanol–water partition coefficient (Wildman–Crippen LogP) is 0.322. The van der Waals surface area contributed by atoms with E-state index >= 15 is 0 Å². The number of benzene rings is 1. The molecule has 1 fully saturated rings. The minimum atomic E-state index is -0.570. The van der Waals surface area contributed by atoms with Gasteiger partial charge in [-0.3, -0.25) is 19.7 Å². The first-order chi connectivity index (χ1) is 10.1. The third-order valence-electron chi connectivity index (χ3n) is 3.03. The summed E-state index contributed by atoms with van der Waals surface area (Å²) in [6.07, 6.45) is 0.670. The molecule has 2 amide bonds. The van der Waals surface area contributed by atoms with Gasteiger partial charge in [-0.2, -0.15) is 0 Å². The van der Waals surface area contributed by atoms with E-state index in [1.165, 1.54) is 23.1 Å². The van der Waals surface area contributed by atoms with Gasteiger partial charge in [-0.05, 0) is 12.5 Å². The molecular formula is C13H15N3O5. The van der Waals surface area contributed by atoms with Crippen molar-refractivity contribution in [3.63, 3.8) is 0 Å². The summed E-state index contributed by atoms with van der Waals surface area (Å²) < 4.78 is 5.22. The first-order valence-corrected chi connectivity index (χ1v) is 6.48. The van der Waals surface area contributed by atoms with Gasteiger partial charge in [0.15, 0.2) is 12.4 Å². The molecule has 21 heavy (non-hydrogen) atoms. The van der Waals surface area contributed by atoms with Gasteiger partial charge >= 0.3 is 5.69 Å². The van der Waals surface area contributed by atoms with Gasteiger partial charge in [-0.25, -0.2) is 0 Å². The fourth-order valence-electron chi connectivity index (χ4n) is 1.98. The van der Waals surface area contributed by atoms with Crippen molar-refractivity contribution in [2.45, 2.75) is 6.42 Å². The van der Waals surface area contributed by atoms with Crippen molar-refractivity contribution in [1.29, 1.82) is 0 Å². The highest BCUT2D eigenvalue weighted by molar-refractivity contribution is 5.85. The van der Waals surface area contributed by atoms with Crippen LogP contribution in [0.2, 0.25) is 0 Å². The molecule has 0 atom stereocenters. The summed E-state index contributed by atoms with van der Waals surface area (Å²) in [7, 11) is 0. The molecule has 1 aromatic carbocycles. The number of nitrogens with zero attached hydrogens (tertiary/aromatic N) is 2. The fraction of sp³-hybridized carbons (Fsp3) is 0.385. The number of para-hydroxylation sites is 2. The van der Waals surface area contributed by atoms with Crippen LogP contribution >= 0.6 is 0 Å². The Bertz CT molecular complexity index is 560. The van der Waals surface area contributed by atoms with Crippen LogP contribution in [0.5, 0.6) is 5.75 Å². The maximum atomic E-state index is 12.0. The summed E-state index contributed by atoms with van der Waals surface area (Å²) in [5.41, 5.74) is -0.195. The van der Waals surface area contributed by atoms with E-state index in [-0.39, 0.29) is 36.4 Å². The molecule has 8 heteroatoms. The van der Waals surface area contributed by atoms with E-state index in [2.05, 4.69) is 5.32 Å². The molecule has 1 saturated heterocycles. The van der Waals surface area contributed by atoms with Crippen LogP contribution in [0.4, 0.5) is 5.69 Å². The lowest BCUT2D eigenvalue weighted by molar-refractivity contribution is -0.385. The van der Waals surface area contributed by atoms with Crippen molar-refractivity contribution in [3.8, 4) is 5.75 Å². The fourth-order valence-corrected chi connectivity index (χ4v) is 1.98. The topological polar surface area (TPSA) is 102 Å². The van der Waals surface area contributed by atoms with Gasteiger partial charge in [0.25, 0.3) is 5.91 Å². The molecule has 0 unspecified atom stereocenters. The normalized spacial score (nSPS) is 15.0. The number of rotatable bonds is 4. The van der Waals surface area contributed by atoms with E-state index in [9.17, 15) is 19.7 Å². The molecule has 1 aliphatic heterocycles. The SMILES string of the molecule is O=C1CN(C(=O)COc2ccccc2[N+](=O)[O-])CCCN1. The molecule has 0 saturated carbocycles. The van der Waals surface area contributed by atoms with Crippen LogP contribution in [-0.4, -0.2) is 47.9 Å². The Morgan fingerprint density at radius 3 is 2.95 bits per heavy atom. The molecule has 1 N–H and O–H groups in total. The molecule has 1 aliphatic rings. The summed E-state index contributed by atoms with van der Waals surface area (Å²) in [6, 6.07) is 5.85. The third kappa shape index (κ3) is 3.91. The molecular weight excluding hydrogens is 278 g/mol. The lowest BCUT2D eigenvalue weighted by Crippen LogP contribution is -2.39. The lowest BCUT2D eigenvalue weighted by atomic mass is 10.3. The largest absolute Gasteiger partial charge is 0.477 e. The van der Waals surface area contributed by atoms with Crippen LogP contribution < -0.4 is 10.1 Å². The van der Waals surface area contributed by atoms with Gasteiger partial charge in [0.05, 0.1) is 11.5 Å². The maximum absolute atomic E-state index is 12.0. The zero-order chi connectivity index (χ0) is 15.2. The van der Waals surface area contributed by atoms with Crippen molar-refractivity contribution in [2.24, 2.45) is 0 Å². The van der Waals surface area contributed by atoms with Crippen LogP contribution in [0.3, 0.4) is 0 Å². The highest BCUT2D eigenvalue weighted by atomic mass is 16.6. The zero-order valence-corrected chi connectivity index (χ0v) is 11.3. The van der Waals surface area contributed by atoms with Crippen LogP contribution in [0, 0.1) is 10.1 Å². The number of nitrogens with one attached hydrogen (secondary N) is 1. The van der Waals surface area contributed by atoms with Crippen LogP contribution in [0.15, 0.2) is 24.3 Å². The monoisotopic (exact) mass is 293 g/mol. The number of amides is 2. The van der Waals surface area contributed by atoms with Crippen molar-refractivity contribution in [2.75, 3.05) is 26.2 Å². The molecule has 0 aromatic heterocycles. The zero-order valence-electron chi connectivity index (χ0n) is 11.3. The number of ether oxygens (including phenoxy) is 1. The number of nitro benzene ring substituents is 1. The number of carbonyl (C=O) groups is 2. The molecule has 0 bridgehead atoms. The summed E-state index contributed by atoms with van der Waals surface area (Å²) >= 11 is 0. The van der Waals surface area contributed by atoms with Crippen molar-refractivity contribution >= 4 is 17.5 Å². The van der Waals surface area contributed by atoms with Crippen LogP contribution in [-0.2, 0) is 9.59 Å². The Morgan fingerprint density at radius 1 is 1.43 bits per heavy atom. The van der Waals surface area contributed by atoms with Gasteiger partial charge < -0.3 is 15.0 Å². The molecule has 1 heterocycles. The van der Waals surface area contributed by atoms with Crippen molar-refractivity contribution in [1.82, 2.24) is 10.2 Å². The predicted molar refractivity (Wildman–Crippen MR) is 72.8 cm³/mol. The molecule has 1 aromatic rings. The van der Waals surface area contributed by atoms with Crippen LogP contribution in [0.1, 0.15) is 6.42 Å². The molecule has 0 aliphatic carbocycles.